The molecule has 1 saturated heterocycles. The first-order valence-corrected chi connectivity index (χ1v) is 9.64. The van der Waals surface area contributed by atoms with E-state index in [0.29, 0.717) is 5.56 Å². The third-order valence-corrected chi connectivity index (χ3v) is 5.21. The minimum atomic E-state index is -0.0593. The average Bonchev–Trinajstić information content (AvgIpc) is 3.47. The van der Waals surface area contributed by atoms with Crippen LogP contribution < -0.4 is 10.6 Å². The Morgan fingerprint density at radius 3 is 2.38 bits per heavy atom. The number of hydrogen-bond acceptors (Lipinski definition) is 4. The van der Waals surface area contributed by atoms with Crippen molar-refractivity contribution in [2.24, 2.45) is 5.92 Å². The highest BCUT2D eigenvalue weighted by Gasteiger charge is 2.29. The molecule has 26 heavy (non-hydrogen) atoms. The van der Waals surface area contributed by atoms with Gasteiger partial charge in [-0.1, -0.05) is 0 Å². The fourth-order valence-corrected chi connectivity index (χ4v) is 3.12. The van der Waals surface area contributed by atoms with E-state index in [-0.39, 0.29) is 23.8 Å². The standard InChI is InChI=1S/C20H30N4O2/c1-15(9-10-24-13-11-23(2)12-14-24)21-19(25)17-5-7-18(8-6-17)22-20(26)16-3-4-16/h5-8,15-16H,3-4,9-14H2,1-2H3,(H,21,25)(H,22,26)/t15-/m1/s1. The second-order valence-corrected chi connectivity index (χ2v) is 7.65. The van der Waals surface area contributed by atoms with Crippen molar-refractivity contribution in [1.29, 1.82) is 0 Å². The monoisotopic (exact) mass is 358 g/mol. The summed E-state index contributed by atoms with van der Waals surface area (Å²) in [4.78, 5) is 28.9. The van der Waals surface area contributed by atoms with Gasteiger partial charge in [0.2, 0.25) is 5.91 Å². The molecule has 1 aliphatic carbocycles. The van der Waals surface area contributed by atoms with Crippen LogP contribution in [0.25, 0.3) is 0 Å². The normalized spacial score (nSPS) is 19.8. The quantitative estimate of drug-likeness (QED) is 0.780. The van der Waals surface area contributed by atoms with Crippen molar-refractivity contribution in [3.8, 4) is 0 Å². The lowest BCUT2D eigenvalue weighted by atomic mass is 10.1. The maximum atomic E-state index is 12.4. The maximum absolute atomic E-state index is 12.4. The van der Waals surface area contributed by atoms with Crippen molar-refractivity contribution in [1.82, 2.24) is 15.1 Å². The predicted molar refractivity (Wildman–Crippen MR) is 103 cm³/mol. The van der Waals surface area contributed by atoms with Gasteiger partial charge < -0.3 is 20.4 Å². The minimum Gasteiger partial charge on any atom is -0.350 e. The molecule has 0 spiro atoms. The molecular formula is C20H30N4O2. The van der Waals surface area contributed by atoms with Gasteiger partial charge in [0.25, 0.3) is 5.91 Å². The van der Waals surface area contributed by atoms with Crippen LogP contribution in [0.3, 0.4) is 0 Å². The zero-order chi connectivity index (χ0) is 18.5. The summed E-state index contributed by atoms with van der Waals surface area (Å²) in [5.41, 5.74) is 1.38. The van der Waals surface area contributed by atoms with Crippen LogP contribution in [0.5, 0.6) is 0 Å². The first-order chi connectivity index (χ1) is 12.5. The molecule has 1 aliphatic heterocycles. The molecular weight excluding hydrogens is 328 g/mol. The van der Waals surface area contributed by atoms with E-state index in [4.69, 9.17) is 0 Å². The van der Waals surface area contributed by atoms with Crippen molar-refractivity contribution < 1.29 is 9.59 Å². The van der Waals surface area contributed by atoms with E-state index in [1.807, 2.05) is 0 Å². The summed E-state index contributed by atoms with van der Waals surface area (Å²) in [5.74, 6) is 0.204. The van der Waals surface area contributed by atoms with Crippen LogP contribution in [0.4, 0.5) is 5.69 Å². The van der Waals surface area contributed by atoms with E-state index >= 15 is 0 Å². The minimum absolute atomic E-state index is 0.0593. The number of likely N-dealkylation sites (N-methyl/N-ethyl adjacent to an activating group) is 1. The highest BCUT2D eigenvalue weighted by Crippen LogP contribution is 2.30. The molecule has 2 N–H and O–H groups in total. The van der Waals surface area contributed by atoms with E-state index in [1.165, 1.54) is 0 Å². The SMILES string of the molecule is C[C@H](CCN1CCN(C)CC1)NC(=O)c1ccc(NC(=O)C2CC2)cc1. The van der Waals surface area contributed by atoms with Crippen molar-refractivity contribution in [3.63, 3.8) is 0 Å². The molecule has 1 atom stereocenters. The van der Waals surface area contributed by atoms with Crippen LogP contribution in [0.15, 0.2) is 24.3 Å². The Balaban J connectivity index is 1.41. The summed E-state index contributed by atoms with van der Waals surface area (Å²) in [5, 5.41) is 5.96. The Morgan fingerprint density at radius 2 is 1.77 bits per heavy atom. The Labute approximate surface area is 155 Å². The molecule has 0 unspecified atom stereocenters. The molecule has 2 aliphatic rings. The number of anilines is 1. The van der Waals surface area contributed by atoms with E-state index < -0.39 is 0 Å². The molecule has 1 aromatic carbocycles. The van der Waals surface area contributed by atoms with Gasteiger partial charge in [-0.15, -0.1) is 0 Å². The van der Waals surface area contributed by atoms with Crippen LogP contribution in [0.2, 0.25) is 0 Å². The highest BCUT2D eigenvalue weighted by molar-refractivity contribution is 5.96. The number of benzene rings is 1. The van der Waals surface area contributed by atoms with Gasteiger partial charge in [0.05, 0.1) is 0 Å². The predicted octanol–water partition coefficient (Wildman–Crippen LogP) is 1.79. The number of rotatable bonds is 7. The summed E-state index contributed by atoms with van der Waals surface area (Å²) < 4.78 is 0. The summed E-state index contributed by atoms with van der Waals surface area (Å²) in [6, 6.07) is 7.26. The Kier molecular flexibility index (Phi) is 6.27. The zero-order valence-corrected chi connectivity index (χ0v) is 15.8. The highest BCUT2D eigenvalue weighted by atomic mass is 16.2. The van der Waals surface area contributed by atoms with Gasteiger partial charge in [-0.3, -0.25) is 9.59 Å². The molecule has 1 heterocycles. The average molecular weight is 358 g/mol. The number of amides is 2. The van der Waals surface area contributed by atoms with Gasteiger partial charge in [-0.25, -0.2) is 0 Å². The molecule has 1 saturated carbocycles. The molecule has 6 heteroatoms. The first-order valence-electron chi connectivity index (χ1n) is 9.64. The zero-order valence-electron chi connectivity index (χ0n) is 15.8. The molecule has 0 radical (unpaired) electrons. The lowest BCUT2D eigenvalue weighted by molar-refractivity contribution is -0.117. The van der Waals surface area contributed by atoms with Gasteiger partial charge in [0.15, 0.2) is 0 Å². The fraction of sp³-hybridized carbons (Fsp3) is 0.600. The van der Waals surface area contributed by atoms with Gasteiger partial charge in [-0.2, -0.15) is 0 Å². The van der Waals surface area contributed by atoms with E-state index in [9.17, 15) is 9.59 Å². The fourth-order valence-electron chi connectivity index (χ4n) is 3.12. The maximum Gasteiger partial charge on any atom is 0.251 e. The Morgan fingerprint density at radius 1 is 1.12 bits per heavy atom. The van der Waals surface area contributed by atoms with Crippen LogP contribution in [-0.2, 0) is 4.79 Å². The van der Waals surface area contributed by atoms with Crippen molar-refractivity contribution >= 4 is 17.5 Å². The molecule has 2 fully saturated rings. The summed E-state index contributed by atoms with van der Waals surface area (Å²) in [6.45, 7) is 7.50. The lowest BCUT2D eigenvalue weighted by Gasteiger charge is -2.32. The van der Waals surface area contributed by atoms with Crippen molar-refractivity contribution in [3.05, 3.63) is 29.8 Å². The molecule has 2 amide bonds. The smallest absolute Gasteiger partial charge is 0.251 e. The van der Waals surface area contributed by atoms with Crippen LogP contribution in [0, 0.1) is 5.92 Å². The number of piperazine rings is 1. The third-order valence-electron chi connectivity index (χ3n) is 5.21. The van der Waals surface area contributed by atoms with E-state index in [1.54, 1.807) is 24.3 Å². The molecule has 0 aromatic heterocycles. The second kappa shape index (κ2) is 8.64. The number of carbonyl (C=O) groups is 2. The summed E-state index contributed by atoms with van der Waals surface area (Å²) in [7, 11) is 2.16. The van der Waals surface area contributed by atoms with Crippen LogP contribution >= 0.6 is 0 Å². The van der Waals surface area contributed by atoms with Gasteiger partial charge in [0, 0.05) is 55.9 Å². The largest absolute Gasteiger partial charge is 0.350 e. The Hall–Kier alpha value is -1.92. The van der Waals surface area contributed by atoms with E-state index in [0.717, 1.165) is 57.7 Å². The van der Waals surface area contributed by atoms with E-state index in [2.05, 4.69) is 34.4 Å². The van der Waals surface area contributed by atoms with Crippen molar-refractivity contribution in [2.75, 3.05) is 45.1 Å². The number of nitrogens with zero attached hydrogens (tertiary/aromatic N) is 2. The molecule has 142 valence electrons. The topological polar surface area (TPSA) is 64.7 Å². The molecule has 3 rings (SSSR count). The number of hydrogen-bond donors (Lipinski definition) is 2. The van der Waals surface area contributed by atoms with Crippen LogP contribution in [-0.4, -0.2) is 67.4 Å². The second-order valence-electron chi connectivity index (χ2n) is 7.65. The number of nitrogens with one attached hydrogen (secondary N) is 2. The van der Waals surface area contributed by atoms with Gasteiger partial charge >= 0.3 is 0 Å². The summed E-state index contributed by atoms with van der Waals surface area (Å²) >= 11 is 0. The first kappa shape index (κ1) is 18.9. The van der Waals surface area contributed by atoms with Crippen molar-refractivity contribution in [2.45, 2.75) is 32.2 Å². The molecule has 6 nitrogen and oxygen atoms in total. The Bertz CT molecular complexity index is 619. The third kappa shape index (κ3) is 5.54. The van der Waals surface area contributed by atoms with Gasteiger partial charge in [-0.05, 0) is 57.5 Å². The van der Waals surface area contributed by atoms with Crippen LogP contribution in [0.1, 0.15) is 36.5 Å². The molecule has 0 bridgehead atoms. The summed E-state index contributed by atoms with van der Waals surface area (Å²) in [6.07, 6.45) is 2.92. The lowest BCUT2D eigenvalue weighted by Crippen LogP contribution is -2.46. The van der Waals surface area contributed by atoms with Gasteiger partial charge in [0.1, 0.15) is 0 Å². The molecule has 1 aromatic rings. The number of carbonyl (C=O) groups excluding carboxylic acids is 2.